The number of likely N-dealkylation sites (N-methyl/N-ethyl adjacent to an activating group) is 1. The molecule has 0 heterocycles. The Kier molecular flexibility index (Phi) is 6.94. The Bertz CT molecular complexity index is 447. The largest absolute Gasteiger partial charge is 0.491 e. The first-order valence-electron chi connectivity index (χ1n) is 6.54. The number of hydrogen-bond acceptors (Lipinski definition) is 3. The van der Waals surface area contributed by atoms with Crippen molar-refractivity contribution in [3.63, 3.8) is 0 Å². The molecule has 1 aromatic carbocycles. The number of ether oxygens (including phenoxy) is 1. The average Bonchev–Trinajstić information content (AvgIpc) is 2.43. The predicted molar refractivity (Wildman–Crippen MR) is 75.6 cm³/mol. The fourth-order valence-electron chi connectivity index (χ4n) is 1.70. The SMILES string of the molecule is CCN(CC)CCOc1ccc(F)cc1C#CCN. The number of rotatable bonds is 6. The van der Waals surface area contributed by atoms with Crippen molar-refractivity contribution in [2.75, 3.05) is 32.8 Å². The van der Waals surface area contributed by atoms with Crippen LogP contribution in [0.25, 0.3) is 0 Å². The number of halogens is 1. The van der Waals surface area contributed by atoms with Crippen molar-refractivity contribution in [3.8, 4) is 17.6 Å². The summed E-state index contributed by atoms with van der Waals surface area (Å²) in [6, 6.07) is 4.36. The molecule has 0 aliphatic rings. The highest BCUT2D eigenvalue weighted by Gasteiger charge is 2.04. The van der Waals surface area contributed by atoms with E-state index >= 15 is 0 Å². The van der Waals surface area contributed by atoms with Crippen molar-refractivity contribution >= 4 is 0 Å². The van der Waals surface area contributed by atoms with Gasteiger partial charge in [0.05, 0.1) is 12.1 Å². The van der Waals surface area contributed by atoms with Gasteiger partial charge in [0, 0.05) is 6.54 Å². The van der Waals surface area contributed by atoms with Gasteiger partial charge in [-0.25, -0.2) is 4.39 Å². The summed E-state index contributed by atoms with van der Waals surface area (Å²) in [7, 11) is 0. The van der Waals surface area contributed by atoms with Gasteiger partial charge in [0.1, 0.15) is 18.2 Å². The Labute approximate surface area is 114 Å². The van der Waals surface area contributed by atoms with Crippen molar-refractivity contribution in [2.45, 2.75) is 13.8 Å². The van der Waals surface area contributed by atoms with Crippen LogP contribution >= 0.6 is 0 Å². The fourth-order valence-corrected chi connectivity index (χ4v) is 1.70. The van der Waals surface area contributed by atoms with Crippen LogP contribution in [0.3, 0.4) is 0 Å². The van der Waals surface area contributed by atoms with Crippen LogP contribution in [-0.2, 0) is 0 Å². The van der Waals surface area contributed by atoms with Crippen molar-refractivity contribution < 1.29 is 9.13 Å². The first-order valence-corrected chi connectivity index (χ1v) is 6.54. The lowest BCUT2D eigenvalue weighted by Gasteiger charge is -2.18. The predicted octanol–water partition coefficient (Wildman–Crippen LogP) is 1.86. The van der Waals surface area contributed by atoms with Gasteiger partial charge >= 0.3 is 0 Å². The number of nitrogens with two attached hydrogens (primary N) is 1. The molecule has 0 bridgehead atoms. The third-order valence-corrected chi connectivity index (χ3v) is 2.83. The van der Waals surface area contributed by atoms with E-state index in [1.54, 1.807) is 6.07 Å². The molecule has 1 aromatic rings. The van der Waals surface area contributed by atoms with E-state index in [0.29, 0.717) is 17.9 Å². The molecule has 0 aromatic heterocycles. The van der Waals surface area contributed by atoms with Gasteiger partial charge < -0.3 is 15.4 Å². The highest BCUT2D eigenvalue weighted by atomic mass is 19.1. The van der Waals surface area contributed by atoms with Crippen molar-refractivity contribution in [1.82, 2.24) is 4.90 Å². The smallest absolute Gasteiger partial charge is 0.135 e. The Morgan fingerprint density at radius 2 is 2.05 bits per heavy atom. The van der Waals surface area contributed by atoms with Crippen molar-refractivity contribution in [3.05, 3.63) is 29.6 Å². The highest BCUT2D eigenvalue weighted by Crippen LogP contribution is 2.18. The maximum Gasteiger partial charge on any atom is 0.135 e. The van der Waals surface area contributed by atoms with Gasteiger partial charge in [0.15, 0.2) is 0 Å². The molecule has 0 aliphatic heterocycles. The van der Waals surface area contributed by atoms with Gasteiger partial charge in [-0.05, 0) is 31.3 Å². The standard InChI is InChI=1S/C15H21FN2O/c1-3-18(4-2)10-11-19-15-8-7-14(16)12-13(15)6-5-9-17/h7-8,12H,3-4,9-11,17H2,1-2H3. The summed E-state index contributed by atoms with van der Waals surface area (Å²) in [6.07, 6.45) is 0. The van der Waals surface area contributed by atoms with Crippen LogP contribution in [-0.4, -0.2) is 37.7 Å². The van der Waals surface area contributed by atoms with Crippen molar-refractivity contribution in [2.24, 2.45) is 5.73 Å². The van der Waals surface area contributed by atoms with Gasteiger partial charge in [0.2, 0.25) is 0 Å². The quantitative estimate of drug-likeness (QED) is 0.797. The Balaban J connectivity index is 2.67. The fraction of sp³-hybridized carbons (Fsp3) is 0.467. The number of benzene rings is 1. The van der Waals surface area contributed by atoms with Crippen LogP contribution in [0.1, 0.15) is 19.4 Å². The molecular formula is C15H21FN2O. The second-order valence-corrected chi connectivity index (χ2v) is 4.02. The summed E-state index contributed by atoms with van der Waals surface area (Å²) in [4.78, 5) is 2.26. The van der Waals surface area contributed by atoms with E-state index in [2.05, 4.69) is 30.6 Å². The van der Waals surface area contributed by atoms with E-state index in [1.165, 1.54) is 12.1 Å². The van der Waals surface area contributed by atoms with Crippen LogP contribution in [0.15, 0.2) is 18.2 Å². The molecule has 0 saturated carbocycles. The number of hydrogen-bond donors (Lipinski definition) is 1. The lowest BCUT2D eigenvalue weighted by molar-refractivity contribution is 0.222. The molecule has 0 atom stereocenters. The molecule has 2 N–H and O–H groups in total. The maximum atomic E-state index is 13.2. The van der Waals surface area contributed by atoms with E-state index in [-0.39, 0.29) is 12.4 Å². The molecule has 0 fully saturated rings. The van der Waals surface area contributed by atoms with Crippen LogP contribution in [0.5, 0.6) is 5.75 Å². The Morgan fingerprint density at radius 1 is 1.32 bits per heavy atom. The second-order valence-electron chi connectivity index (χ2n) is 4.02. The molecule has 0 unspecified atom stereocenters. The summed E-state index contributed by atoms with van der Waals surface area (Å²) in [5.41, 5.74) is 5.87. The minimum Gasteiger partial charge on any atom is -0.491 e. The monoisotopic (exact) mass is 264 g/mol. The van der Waals surface area contributed by atoms with Crippen LogP contribution in [0, 0.1) is 17.7 Å². The molecule has 104 valence electrons. The maximum absolute atomic E-state index is 13.2. The molecule has 0 aliphatic carbocycles. The average molecular weight is 264 g/mol. The zero-order chi connectivity index (χ0) is 14.1. The normalized spacial score (nSPS) is 10.2. The molecule has 0 radical (unpaired) electrons. The first-order chi connectivity index (χ1) is 9.21. The molecule has 0 spiro atoms. The zero-order valence-electron chi connectivity index (χ0n) is 11.6. The van der Waals surface area contributed by atoms with E-state index in [0.717, 1.165) is 19.6 Å². The lowest BCUT2D eigenvalue weighted by atomic mass is 10.2. The van der Waals surface area contributed by atoms with Gasteiger partial charge in [-0.1, -0.05) is 25.7 Å². The summed E-state index contributed by atoms with van der Waals surface area (Å²) in [6.45, 7) is 7.85. The zero-order valence-corrected chi connectivity index (χ0v) is 11.6. The molecule has 1 rings (SSSR count). The minimum absolute atomic E-state index is 0.245. The summed E-state index contributed by atoms with van der Waals surface area (Å²) >= 11 is 0. The molecule has 19 heavy (non-hydrogen) atoms. The van der Waals surface area contributed by atoms with E-state index in [9.17, 15) is 4.39 Å². The van der Waals surface area contributed by atoms with Gasteiger partial charge in [-0.2, -0.15) is 0 Å². The highest BCUT2D eigenvalue weighted by molar-refractivity contribution is 5.46. The van der Waals surface area contributed by atoms with Gasteiger partial charge in [-0.3, -0.25) is 0 Å². The van der Waals surface area contributed by atoms with Gasteiger partial charge in [0.25, 0.3) is 0 Å². The third-order valence-electron chi connectivity index (χ3n) is 2.83. The molecule has 0 saturated heterocycles. The lowest BCUT2D eigenvalue weighted by Crippen LogP contribution is -2.28. The Morgan fingerprint density at radius 3 is 2.68 bits per heavy atom. The van der Waals surface area contributed by atoms with Crippen LogP contribution in [0.2, 0.25) is 0 Å². The third kappa shape index (κ3) is 5.29. The van der Waals surface area contributed by atoms with Gasteiger partial charge in [-0.15, -0.1) is 0 Å². The minimum atomic E-state index is -0.322. The summed E-state index contributed by atoms with van der Waals surface area (Å²) < 4.78 is 18.8. The molecule has 3 nitrogen and oxygen atoms in total. The molecule has 0 amide bonds. The number of nitrogens with zero attached hydrogens (tertiary/aromatic N) is 1. The molecular weight excluding hydrogens is 243 g/mol. The summed E-state index contributed by atoms with van der Waals surface area (Å²) in [5, 5.41) is 0. The van der Waals surface area contributed by atoms with E-state index in [1.807, 2.05) is 0 Å². The Hall–Kier alpha value is -1.57. The summed E-state index contributed by atoms with van der Waals surface area (Å²) in [5.74, 6) is 5.82. The van der Waals surface area contributed by atoms with E-state index in [4.69, 9.17) is 10.5 Å². The van der Waals surface area contributed by atoms with Crippen LogP contribution < -0.4 is 10.5 Å². The first kappa shape index (κ1) is 15.5. The topological polar surface area (TPSA) is 38.5 Å². The van der Waals surface area contributed by atoms with E-state index < -0.39 is 0 Å². The van der Waals surface area contributed by atoms with Crippen LogP contribution in [0.4, 0.5) is 4.39 Å². The molecule has 4 heteroatoms. The van der Waals surface area contributed by atoms with Crippen molar-refractivity contribution in [1.29, 1.82) is 0 Å². The second kappa shape index (κ2) is 8.52.